The summed E-state index contributed by atoms with van der Waals surface area (Å²) in [6.07, 6.45) is 0. The van der Waals surface area contributed by atoms with Gasteiger partial charge in [0, 0.05) is 11.3 Å². The zero-order valence-electron chi connectivity index (χ0n) is 15.0. The van der Waals surface area contributed by atoms with Crippen molar-refractivity contribution in [3.8, 4) is 0 Å². The molecule has 2 aromatic carbocycles. The first-order valence-corrected chi connectivity index (χ1v) is 9.22. The molecule has 138 valence electrons. The third kappa shape index (κ3) is 3.68. The highest BCUT2D eigenvalue weighted by molar-refractivity contribution is 7.18. The van der Waals surface area contributed by atoms with Gasteiger partial charge in [-0.15, -0.1) is 0 Å². The Morgan fingerprint density at radius 1 is 1.07 bits per heavy atom. The Hall–Kier alpha value is -3.19. The van der Waals surface area contributed by atoms with Gasteiger partial charge < -0.3 is 16.4 Å². The van der Waals surface area contributed by atoms with Crippen molar-refractivity contribution in [2.75, 3.05) is 10.6 Å². The predicted octanol–water partition coefficient (Wildman–Crippen LogP) is 3.28. The Morgan fingerprint density at radius 2 is 1.70 bits per heavy atom. The van der Waals surface area contributed by atoms with Crippen LogP contribution < -0.4 is 16.4 Å². The van der Waals surface area contributed by atoms with E-state index in [1.807, 2.05) is 37.3 Å². The molecule has 7 heteroatoms. The zero-order valence-corrected chi connectivity index (χ0v) is 15.9. The van der Waals surface area contributed by atoms with Crippen LogP contribution >= 0.6 is 11.3 Å². The van der Waals surface area contributed by atoms with E-state index >= 15 is 0 Å². The number of carbonyl (C=O) groups excluding carboxylic acids is 2. The Morgan fingerprint density at radius 3 is 2.33 bits per heavy atom. The van der Waals surface area contributed by atoms with E-state index in [-0.39, 0.29) is 11.6 Å². The molecule has 0 fully saturated rings. The normalized spacial score (nSPS) is 11.8. The molecule has 0 saturated heterocycles. The van der Waals surface area contributed by atoms with Crippen molar-refractivity contribution in [2.24, 2.45) is 5.73 Å². The first-order valence-electron chi connectivity index (χ1n) is 8.40. The Labute approximate surface area is 161 Å². The molecule has 0 bridgehead atoms. The van der Waals surface area contributed by atoms with E-state index < -0.39 is 11.9 Å². The molecular formula is C20H20N4O2S. The number of benzene rings is 2. The van der Waals surface area contributed by atoms with E-state index in [1.165, 1.54) is 0 Å². The van der Waals surface area contributed by atoms with Crippen molar-refractivity contribution in [3.05, 3.63) is 70.6 Å². The number of para-hydroxylation sites is 1. The highest BCUT2D eigenvalue weighted by Crippen LogP contribution is 2.37. The molecule has 0 unspecified atom stereocenters. The number of amides is 1. The van der Waals surface area contributed by atoms with E-state index in [0.717, 1.165) is 22.6 Å². The lowest BCUT2D eigenvalue weighted by molar-refractivity contribution is -0.118. The lowest BCUT2D eigenvalue weighted by Crippen LogP contribution is -2.40. The number of aryl methyl sites for hydroxylation is 1. The molecule has 3 aromatic rings. The van der Waals surface area contributed by atoms with Crippen molar-refractivity contribution in [1.29, 1.82) is 0 Å². The quantitative estimate of drug-likeness (QED) is 0.639. The number of hydrogen-bond donors (Lipinski definition) is 2. The summed E-state index contributed by atoms with van der Waals surface area (Å²) in [5, 5.41) is 0.451. The number of primary amides is 1. The van der Waals surface area contributed by atoms with Crippen LogP contribution in [0, 0.1) is 6.92 Å². The van der Waals surface area contributed by atoms with Crippen LogP contribution in [0.5, 0.6) is 0 Å². The molecule has 3 rings (SSSR count). The Kier molecular flexibility index (Phi) is 5.23. The standard InChI is InChI=1S/C20H20N4O2S/c1-12-8-6-7-11-15(12)24(13(2)19(22)26)20-23-18(21)17(27-20)16(25)14-9-4-3-5-10-14/h3-11,13H,21H2,1-2H3,(H2,22,26)/t13-/m1/s1. The smallest absolute Gasteiger partial charge is 0.240 e. The second-order valence-corrected chi connectivity index (χ2v) is 7.12. The van der Waals surface area contributed by atoms with E-state index in [0.29, 0.717) is 15.6 Å². The van der Waals surface area contributed by atoms with Gasteiger partial charge >= 0.3 is 0 Å². The van der Waals surface area contributed by atoms with Gasteiger partial charge in [-0.05, 0) is 25.5 Å². The number of hydrogen-bond acceptors (Lipinski definition) is 6. The molecule has 1 amide bonds. The first kappa shape index (κ1) is 18.6. The summed E-state index contributed by atoms with van der Waals surface area (Å²) in [6.45, 7) is 3.63. The number of thiazole rings is 1. The van der Waals surface area contributed by atoms with Crippen LogP contribution in [-0.4, -0.2) is 22.7 Å². The lowest BCUT2D eigenvalue weighted by atomic mass is 10.1. The van der Waals surface area contributed by atoms with Gasteiger partial charge in [-0.1, -0.05) is 59.9 Å². The molecule has 0 saturated carbocycles. The summed E-state index contributed by atoms with van der Waals surface area (Å²) in [6, 6.07) is 15.8. The van der Waals surface area contributed by atoms with Crippen LogP contribution in [0.4, 0.5) is 16.6 Å². The summed E-state index contributed by atoms with van der Waals surface area (Å²) in [5.74, 6) is -0.560. The maximum absolute atomic E-state index is 12.8. The zero-order chi connectivity index (χ0) is 19.6. The Bertz CT molecular complexity index is 985. The number of nitrogen functional groups attached to an aromatic ring is 1. The van der Waals surface area contributed by atoms with Crippen molar-refractivity contribution >= 4 is 39.7 Å². The van der Waals surface area contributed by atoms with Crippen LogP contribution in [0.25, 0.3) is 0 Å². The average molecular weight is 380 g/mol. The fraction of sp³-hybridized carbons (Fsp3) is 0.150. The molecule has 6 nitrogen and oxygen atoms in total. The van der Waals surface area contributed by atoms with Gasteiger partial charge in [0.15, 0.2) is 5.13 Å². The number of anilines is 3. The SMILES string of the molecule is Cc1ccccc1N(c1nc(N)c(C(=O)c2ccccc2)s1)[C@H](C)C(N)=O. The van der Waals surface area contributed by atoms with E-state index in [2.05, 4.69) is 4.98 Å². The number of aromatic nitrogens is 1. The molecule has 0 aliphatic carbocycles. The molecule has 1 atom stereocenters. The van der Waals surface area contributed by atoms with Crippen molar-refractivity contribution in [1.82, 2.24) is 4.98 Å². The minimum atomic E-state index is -0.656. The number of nitrogens with two attached hydrogens (primary N) is 2. The fourth-order valence-electron chi connectivity index (χ4n) is 2.74. The second-order valence-electron chi connectivity index (χ2n) is 6.14. The minimum absolute atomic E-state index is 0.138. The average Bonchev–Trinajstić information content (AvgIpc) is 3.04. The molecule has 27 heavy (non-hydrogen) atoms. The summed E-state index contributed by atoms with van der Waals surface area (Å²) in [7, 11) is 0. The van der Waals surface area contributed by atoms with Crippen LogP contribution in [0.3, 0.4) is 0 Å². The van der Waals surface area contributed by atoms with Gasteiger partial charge in [0.05, 0.1) is 0 Å². The third-order valence-corrected chi connectivity index (χ3v) is 5.33. The summed E-state index contributed by atoms with van der Waals surface area (Å²) in [4.78, 5) is 31.1. The summed E-state index contributed by atoms with van der Waals surface area (Å²) < 4.78 is 0. The number of ketones is 1. The molecule has 0 radical (unpaired) electrons. The van der Waals surface area contributed by atoms with Gasteiger partial charge in [0.1, 0.15) is 16.7 Å². The number of rotatable bonds is 6. The summed E-state index contributed by atoms with van der Waals surface area (Å²) in [5.41, 5.74) is 13.9. The topological polar surface area (TPSA) is 102 Å². The highest BCUT2D eigenvalue weighted by atomic mass is 32.1. The molecular weight excluding hydrogens is 360 g/mol. The second kappa shape index (κ2) is 7.59. The van der Waals surface area contributed by atoms with Crippen molar-refractivity contribution in [3.63, 3.8) is 0 Å². The molecule has 0 aliphatic rings. The van der Waals surface area contributed by atoms with Gasteiger partial charge in [-0.3, -0.25) is 9.59 Å². The highest BCUT2D eigenvalue weighted by Gasteiger charge is 2.28. The van der Waals surface area contributed by atoms with Crippen LogP contribution in [0.2, 0.25) is 0 Å². The van der Waals surface area contributed by atoms with Gasteiger partial charge in [-0.2, -0.15) is 0 Å². The molecule has 4 N–H and O–H groups in total. The molecule has 1 aromatic heterocycles. The van der Waals surface area contributed by atoms with E-state index in [4.69, 9.17) is 11.5 Å². The maximum atomic E-state index is 12.8. The predicted molar refractivity (Wildman–Crippen MR) is 108 cm³/mol. The van der Waals surface area contributed by atoms with E-state index in [1.54, 1.807) is 36.1 Å². The van der Waals surface area contributed by atoms with Crippen LogP contribution in [0.1, 0.15) is 27.7 Å². The summed E-state index contributed by atoms with van der Waals surface area (Å²) >= 11 is 1.15. The van der Waals surface area contributed by atoms with Gasteiger partial charge in [0.2, 0.25) is 11.7 Å². The van der Waals surface area contributed by atoms with Crippen LogP contribution in [0.15, 0.2) is 54.6 Å². The largest absolute Gasteiger partial charge is 0.382 e. The van der Waals surface area contributed by atoms with Crippen LogP contribution in [-0.2, 0) is 4.79 Å². The van der Waals surface area contributed by atoms with Gasteiger partial charge in [0.25, 0.3) is 0 Å². The minimum Gasteiger partial charge on any atom is -0.382 e. The van der Waals surface area contributed by atoms with Crippen molar-refractivity contribution in [2.45, 2.75) is 19.9 Å². The lowest BCUT2D eigenvalue weighted by Gasteiger charge is -2.28. The third-order valence-electron chi connectivity index (χ3n) is 4.26. The van der Waals surface area contributed by atoms with Crippen molar-refractivity contribution < 1.29 is 9.59 Å². The number of nitrogens with zero attached hydrogens (tertiary/aromatic N) is 2. The first-order chi connectivity index (χ1) is 12.9. The molecule has 0 aliphatic heterocycles. The Balaban J connectivity index is 2.08. The molecule has 1 heterocycles. The van der Waals surface area contributed by atoms with Gasteiger partial charge in [-0.25, -0.2) is 4.98 Å². The van der Waals surface area contributed by atoms with E-state index in [9.17, 15) is 9.59 Å². The number of carbonyl (C=O) groups is 2. The molecule has 0 spiro atoms. The monoisotopic (exact) mass is 380 g/mol. The maximum Gasteiger partial charge on any atom is 0.240 e. The fourth-order valence-corrected chi connectivity index (χ4v) is 3.79.